The highest BCUT2D eigenvalue weighted by atomic mass is 16.5. The zero-order valence-corrected chi connectivity index (χ0v) is 7.14. The van der Waals surface area contributed by atoms with E-state index in [9.17, 15) is 0 Å². The first-order valence-electron chi connectivity index (χ1n) is 3.91. The highest BCUT2D eigenvalue weighted by Crippen LogP contribution is 2.22. The molecule has 2 N–H and O–H groups in total. The summed E-state index contributed by atoms with van der Waals surface area (Å²) in [4.78, 5) is 4.03. The molecule has 0 radical (unpaired) electrons. The first-order valence-corrected chi connectivity index (χ1v) is 3.91. The van der Waals surface area contributed by atoms with Crippen molar-refractivity contribution in [1.82, 2.24) is 19.9 Å². The Kier molecular flexibility index (Phi) is 1.73. The lowest BCUT2D eigenvalue weighted by Gasteiger charge is -1.98. The molecule has 2 heterocycles. The van der Waals surface area contributed by atoms with E-state index < -0.39 is 0 Å². The molecule has 0 spiro atoms. The molecule has 2 rings (SSSR count). The van der Waals surface area contributed by atoms with Gasteiger partial charge in [0.05, 0.1) is 6.20 Å². The van der Waals surface area contributed by atoms with E-state index in [0.29, 0.717) is 17.3 Å². The molecule has 2 aromatic heterocycles. The molecule has 0 aromatic carbocycles. The van der Waals surface area contributed by atoms with Gasteiger partial charge in [0.25, 0.3) is 0 Å². The van der Waals surface area contributed by atoms with E-state index in [4.69, 9.17) is 10.3 Å². The van der Waals surface area contributed by atoms with Crippen LogP contribution in [0.5, 0.6) is 0 Å². The van der Waals surface area contributed by atoms with E-state index in [1.54, 1.807) is 4.68 Å². The van der Waals surface area contributed by atoms with Crippen molar-refractivity contribution in [2.24, 2.45) is 0 Å². The molecule has 0 aliphatic heterocycles. The molecule has 0 aliphatic carbocycles. The SMILES string of the molecule is CCn1ncnc1-c1oncc1N. The summed E-state index contributed by atoms with van der Waals surface area (Å²) in [6, 6.07) is 0. The second-order valence-corrected chi connectivity index (χ2v) is 2.51. The maximum absolute atomic E-state index is 5.62. The van der Waals surface area contributed by atoms with E-state index >= 15 is 0 Å². The number of nitrogens with zero attached hydrogens (tertiary/aromatic N) is 4. The lowest BCUT2D eigenvalue weighted by atomic mass is 10.4. The molecule has 6 nitrogen and oxygen atoms in total. The Morgan fingerprint density at radius 2 is 2.46 bits per heavy atom. The summed E-state index contributed by atoms with van der Waals surface area (Å²) in [5.74, 6) is 1.08. The van der Waals surface area contributed by atoms with Crippen molar-refractivity contribution in [2.75, 3.05) is 5.73 Å². The molecule has 0 bridgehead atoms. The van der Waals surface area contributed by atoms with Crippen LogP contribution in [0.4, 0.5) is 5.69 Å². The van der Waals surface area contributed by atoms with Crippen LogP contribution in [-0.4, -0.2) is 19.9 Å². The van der Waals surface area contributed by atoms with Crippen molar-refractivity contribution >= 4 is 5.69 Å². The van der Waals surface area contributed by atoms with Gasteiger partial charge >= 0.3 is 0 Å². The third-order valence-corrected chi connectivity index (χ3v) is 1.72. The van der Waals surface area contributed by atoms with Gasteiger partial charge in [0.2, 0.25) is 5.76 Å². The molecule has 0 saturated heterocycles. The molecule has 0 saturated carbocycles. The molecule has 6 heteroatoms. The number of rotatable bonds is 2. The Balaban J connectivity index is 2.52. The van der Waals surface area contributed by atoms with E-state index in [1.807, 2.05) is 6.92 Å². The summed E-state index contributed by atoms with van der Waals surface area (Å²) in [6.07, 6.45) is 2.91. The lowest BCUT2D eigenvalue weighted by molar-refractivity contribution is 0.426. The minimum Gasteiger partial charge on any atom is -0.394 e. The predicted octanol–water partition coefficient (Wildman–Crippen LogP) is 0.535. The van der Waals surface area contributed by atoms with Gasteiger partial charge < -0.3 is 10.3 Å². The van der Waals surface area contributed by atoms with Crippen LogP contribution in [0.15, 0.2) is 17.0 Å². The topological polar surface area (TPSA) is 82.8 Å². The largest absolute Gasteiger partial charge is 0.394 e. The number of hydrogen-bond acceptors (Lipinski definition) is 5. The number of aryl methyl sites for hydroxylation is 1. The molecule has 0 amide bonds. The van der Waals surface area contributed by atoms with Gasteiger partial charge in [-0.1, -0.05) is 5.16 Å². The predicted molar refractivity (Wildman–Crippen MR) is 45.6 cm³/mol. The zero-order valence-electron chi connectivity index (χ0n) is 7.14. The van der Waals surface area contributed by atoms with Crippen molar-refractivity contribution in [3.8, 4) is 11.6 Å². The van der Waals surface area contributed by atoms with Crippen LogP contribution < -0.4 is 5.73 Å². The van der Waals surface area contributed by atoms with Gasteiger partial charge in [-0.15, -0.1) is 0 Å². The highest BCUT2D eigenvalue weighted by molar-refractivity contribution is 5.63. The number of nitrogen functional groups attached to an aromatic ring is 1. The molecule has 0 unspecified atom stereocenters. The summed E-state index contributed by atoms with van der Waals surface area (Å²) in [5, 5.41) is 7.57. The smallest absolute Gasteiger partial charge is 0.226 e. The molecule has 0 atom stereocenters. The Bertz CT molecular complexity index is 404. The van der Waals surface area contributed by atoms with Gasteiger partial charge in [-0.2, -0.15) is 5.10 Å². The van der Waals surface area contributed by atoms with Gasteiger partial charge in [0.15, 0.2) is 5.82 Å². The third-order valence-electron chi connectivity index (χ3n) is 1.72. The van der Waals surface area contributed by atoms with Crippen LogP contribution in [0.3, 0.4) is 0 Å². The zero-order chi connectivity index (χ0) is 9.26. The summed E-state index contributed by atoms with van der Waals surface area (Å²) in [6.45, 7) is 2.68. The number of nitrogens with two attached hydrogens (primary N) is 1. The third kappa shape index (κ3) is 1.16. The van der Waals surface area contributed by atoms with Gasteiger partial charge in [0.1, 0.15) is 12.0 Å². The van der Waals surface area contributed by atoms with Gasteiger partial charge in [-0.25, -0.2) is 9.67 Å². The first kappa shape index (κ1) is 7.78. The van der Waals surface area contributed by atoms with Crippen LogP contribution in [0.1, 0.15) is 6.92 Å². The van der Waals surface area contributed by atoms with E-state index in [0.717, 1.165) is 6.54 Å². The van der Waals surface area contributed by atoms with E-state index in [2.05, 4.69) is 15.2 Å². The van der Waals surface area contributed by atoms with Crippen molar-refractivity contribution in [1.29, 1.82) is 0 Å². The monoisotopic (exact) mass is 179 g/mol. The minimum absolute atomic E-state index is 0.472. The van der Waals surface area contributed by atoms with E-state index in [1.165, 1.54) is 12.5 Å². The number of anilines is 1. The summed E-state index contributed by atoms with van der Waals surface area (Å²) in [7, 11) is 0. The fourth-order valence-corrected chi connectivity index (χ4v) is 1.09. The van der Waals surface area contributed by atoms with Crippen molar-refractivity contribution in [3.05, 3.63) is 12.5 Å². The fourth-order valence-electron chi connectivity index (χ4n) is 1.09. The van der Waals surface area contributed by atoms with Gasteiger partial charge in [-0.3, -0.25) is 0 Å². The molecule has 68 valence electrons. The summed E-state index contributed by atoms with van der Waals surface area (Å²) in [5.41, 5.74) is 6.09. The fraction of sp³-hybridized carbons (Fsp3) is 0.286. The van der Waals surface area contributed by atoms with Crippen LogP contribution in [0.25, 0.3) is 11.6 Å². The normalized spacial score (nSPS) is 10.5. The Morgan fingerprint density at radius 1 is 1.62 bits per heavy atom. The quantitative estimate of drug-likeness (QED) is 0.727. The average Bonchev–Trinajstić information content (AvgIpc) is 2.71. The van der Waals surface area contributed by atoms with Crippen LogP contribution >= 0.6 is 0 Å². The summed E-state index contributed by atoms with van der Waals surface area (Å²) < 4.78 is 6.64. The van der Waals surface area contributed by atoms with Crippen LogP contribution in [-0.2, 0) is 6.54 Å². The number of aromatic nitrogens is 4. The summed E-state index contributed by atoms with van der Waals surface area (Å²) >= 11 is 0. The molecule has 13 heavy (non-hydrogen) atoms. The lowest BCUT2D eigenvalue weighted by Crippen LogP contribution is -2.00. The Labute approximate surface area is 74.4 Å². The second kappa shape index (κ2) is 2.89. The first-order chi connectivity index (χ1) is 6.33. The van der Waals surface area contributed by atoms with Gasteiger partial charge in [-0.05, 0) is 6.92 Å². The minimum atomic E-state index is 0.472. The molecular formula is C7H9N5O. The molecular weight excluding hydrogens is 170 g/mol. The van der Waals surface area contributed by atoms with Crippen molar-refractivity contribution in [2.45, 2.75) is 13.5 Å². The highest BCUT2D eigenvalue weighted by Gasteiger charge is 2.13. The van der Waals surface area contributed by atoms with Crippen LogP contribution in [0.2, 0.25) is 0 Å². The Morgan fingerprint density at radius 3 is 3.08 bits per heavy atom. The Hall–Kier alpha value is -1.85. The molecule has 0 aliphatic rings. The maximum Gasteiger partial charge on any atom is 0.226 e. The number of hydrogen-bond donors (Lipinski definition) is 1. The average molecular weight is 179 g/mol. The second-order valence-electron chi connectivity index (χ2n) is 2.51. The van der Waals surface area contributed by atoms with Crippen LogP contribution in [0, 0.1) is 0 Å². The van der Waals surface area contributed by atoms with Crippen molar-refractivity contribution < 1.29 is 4.52 Å². The molecule has 0 fully saturated rings. The molecule has 2 aromatic rings. The maximum atomic E-state index is 5.62. The van der Waals surface area contributed by atoms with Crippen molar-refractivity contribution in [3.63, 3.8) is 0 Å². The standard InChI is InChI=1S/C7H9N5O/c1-2-12-7(9-4-10-12)6-5(8)3-11-13-6/h3-4H,2,8H2,1H3. The van der Waals surface area contributed by atoms with E-state index in [-0.39, 0.29) is 0 Å². The van der Waals surface area contributed by atoms with Gasteiger partial charge in [0, 0.05) is 6.54 Å².